The Morgan fingerprint density at radius 1 is 1.20 bits per heavy atom. The van der Waals surface area contributed by atoms with Gasteiger partial charge in [-0.1, -0.05) is 0 Å². The van der Waals surface area contributed by atoms with Crippen LogP contribution in [0.2, 0.25) is 0 Å². The molecule has 6 nitrogen and oxygen atoms in total. The van der Waals surface area contributed by atoms with Crippen LogP contribution in [0.15, 0.2) is 29.2 Å². The highest BCUT2D eigenvalue weighted by Crippen LogP contribution is 2.20. The highest BCUT2D eigenvalue weighted by atomic mass is 32.2. The van der Waals surface area contributed by atoms with Crippen LogP contribution in [0.5, 0.6) is 5.75 Å². The molecular formula is C13H20N2O4S. The van der Waals surface area contributed by atoms with Crippen molar-refractivity contribution in [2.45, 2.75) is 11.3 Å². The van der Waals surface area contributed by atoms with Crippen molar-refractivity contribution >= 4 is 10.0 Å². The fraction of sp³-hybridized carbons (Fsp3) is 0.538. The molecule has 1 saturated heterocycles. The smallest absolute Gasteiger partial charge is 0.243 e. The predicted molar refractivity (Wildman–Crippen MR) is 75.2 cm³/mol. The monoisotopic (exact) mass is 300 g/mol. The van der Waals surface area contributed by atoms with Gasteiger partial charge in [0.1, 0.15) is 5.75 Å². The lowest BCUT2D eigenvalue weighted by Gasteiger charge is -2.26. The number of morpholine rings is 1. The Labute approximate surface area is 119 Å². The molecule has 0 bridgehead atoms. The van der Waals surface area contributed by atoms with E-state index in [1.54, 1.807) is 24.3 Å². The number of ether oxygens (including phenoxy) is 2. The normalized spacial score (nSPS) is 17.1. The van der Waals surface area contributed by atoms with Crippen LogP contribution in [0.3, 0.4) is 0 Å². The van der Waals surface area contributed by atoms with E-state index < -0.39 is 10.0 Å². The Morgan fingerprint density at radius 2 is 1.85 bits per heavy atom. The standard InChI is InChI=1S/C13H20N2O4S/c14-6-1-9-19-12-2-4-13(5-3-12)20(16,17)15-7-10-18-11-8-15/h2-5H,1,6-11,14H2. The third-order valence-electron chi connectivity index (χ3n) is 3.05. The molecule has 1 aliphatic rings. The van der Waals surface area contributed by atoms with E-state index >= 15 is 0 Å². The van der Waals surface area contributed by atoms with Gasteiger partial charge in [-0.2, -0.15) is 4.31 Å². The molecule has 0 aliphatic carbocycles. The molecule has 1 heterocycles. The number of rotatable bonds is 6. The van der Waals surface area contributed by atoms with E-state index in [1.165, 1.54) is 4.31 Å². The molecule has 0 radical (unpaired) electrons. The molecule has 1 fully saturated rings. The molecule has 1 aliphatic heterocycles. The average Bonchev–Trinajstić information content (AvgIpc) is 2.49. The molecule has 0 amide bonds. The van der Waals surface area contributed by atoms with Crippen molar-refractivity contribution in [2.75, 3.05) is 39.5 Å². The number of nitrogens with two attached hydrogens (primary N) is 1. The molecule has 0 aromatic heterocycles. The molecule has 112 valence electrons. The summed E-state index contributed by atoms with van der Waals surface area (Å²) >= 11 is 0. The van der Waals surface area contributed by atoms with Crippen LogP contribution in [-0.2, 0) is 14.8 Å². The van der Waals surface area contributed by atoms with E-state index in [4.69, 9.17) is 15.2 Å². The highest BCUT2D eigenvalue weighted by Gasteiger charge is 2.26. The van der Waals surface area contributed by atoms with Crippen LogP contribution in [0.25, 0.3) is 0 Å². The first-order valence-electron chi connectivity index (χ1n) is 6.65. The summed E-state index contributed by atoms with van der Waals surface area (Å²) in [6.07, 6.45) is 0.772. The van der Waals surface area contributed by atoms with Gasteiger partial charge < -0.3 is 15.2 Å². The third kappa shape index (κ3) is 3.69. The molecule has 1 aromatic rings. The number of nitrogens with zero attached hydrogens (tertiary/aromatic N) is 1. The number of hydrogen-bond acceptors (Lipinski definition) is 5. The number of benzene rings is 1. The fourth-order valence-corrected chi connectivity index (χ4v) is 3.33. The van der Waals surface area contributed by atoms with Crippen molar-refractivity contribution in [1.29, 1.82) is 0 Å². The van der Waals surface area contributed by atoms with Crippen LogP contribution in [0, 0.1) is 0 Å². The third-order valence-corrected chi connectivity index (χ3v) is 4.96. The molecule has 0 unspecified atom stereocenters. The van der Waals surface area contributed by atoms with E-state index in [1.807, 2.05) is 0 Å². The lowest BCUT2D eigenvalue weighted by Crippen LogP contribution is -2.40. The zero-order valence-electron chi connectivity index (χ0n) is 11.3. The van der Waals surface area contributed by atoms with E-state index in [0.717, 1.165) is 6.42 Å². The van der Waals surface area contributed by atoms with Crippen LogP contribution in [-0.4, -0.2) is 52.2 Å². The quantitative estimate of drug-likeness (QED) is 0.771. The van der Waals surface area contributed by atoms with Crippen molar-refractivity contribution in [1.82, 2.24) is 4.31 Å². The van der Waals surface area contributed by atoms with E-state index in [2.05, 4.69) is 0 Å². The highest BCUT2D eigenvalue weighted by molar-refractivity contribution is 7.89. The summed E-state index contributed by atoms with van der Waals surface area (Å²) in [4.78, 5) is 0.283. The van der Waals surface area contributed by atoms with Gasteiger partial charge in [-0.15, -0.1) is 0 Å². The van der Waals surface area contributed by atoms with Crippen molar-refractivity contribution in [3.05, 3.63) is 24.3 Å². The molecule has 2 rings (SSSR count). The van der Waals surface area contributed by atoms with Gasteiger partial charge >= 0.3 is 0 Å². The maximum atomic E-state index is 12.4. The summed E-state index contributed by atoms with van der Waals surface area (Å²) in [6.45, 7) is 2.79. The molecule has 20 heavy (non-hydrogen) atoms. The number of sulfonamides is 1. The Morgan fingerprint density at radius 3 is 2.45 bits per heavy atom. The van der Waals surface area contributed by atoms with E-state index in [-0.39, 0.29) is 4.90 Å². The van der Waals surface area contributed by atoms with Gasteiger partial charge in [0.05, 0.1) is 24.7 Å². The molecule has 7 heteroatoms. The minimum absolute atomic E-state index is 0.283. The molecule has 2 N–H and O–H groups in total. The first-order valence-corrected chi connectivity index (χ1v) is 8.09. The van der Waals surface area contributed by atoms with Gasteiger partial charge in [0, 0.05) is 13.1 Å². The van der Waals surface area contributed by atoms with Crippen LogP contribution >= 0.6 is 0 Å². The first-order chi connectivity index (χ1) is 9.64. The van der Waals surface area contributed by atoms with Gasteiger partial charge in [-0.25, -0.2) is 8.42 Å². The van der Waals surface area contributed by atoms with Crippen LogP contribution in [0.1, 0.15) is 6.42 Å². The maximum Gasteiger partial charge on any atom is 0.243 e. The number of hydrogen-bond donors (Lipinski definition) is 1. The Hall–Kier alpha value is -1.15. The zero-order valence-corrected chi connectivity index (χ0v) is 12.1. The topological polar surface area (TPSA) is 81.9 Å². The molecular weight excluding hydrogens is 280 g/mol. The van der Waals surface area contributed by atoms with E-state index in [9.17, 15) is 8.42 Å². The van der Waals surface area contributed by atoms with Crippen molar-refractivity contribution < 1.29 is 17.9 Å². The minimum atomic E-state index is -3.43. The maximum absolute atomic E-state index is 12.4. The minimum Gasteiger partial charge on any atom is -0.494 e. The Kier molecular flexibility index (Phi) is 5.36. The largest absolute Gasteiger partial charge is 0.494 e. The Bertz CT molecular complexity index is 510. The Balaban J connectivity index is 2.04. The van der Waals surface area contributed by atoms with Crippen molar-refractivity contribution in [3.63, 3.8) is 0 Å². The fourth-order valence-electron chi connectivity index (χ4n) is 1.92. The molecule has 1 aromatic carbocycles. The van der Waals surface area contributed by atoms with Gasteiger partial charge in [0.2, 0.25) is 10.0 Å². The second kappa shape index (κ2) is 7.03. The summed E-state index contributed by atoms with van der Waals surface area (Å²) in [5.74, 6) is 0.652. The predicted octanol–water partition coefficient (Wildman–Crippen LogP) is 0.435. The summed E-state index contributed by atoms with van der Waals surface area (Å²) < 4.78 is 36.8. The van der Waals surface area contributed by atoms with Gasteiger partial charge in [-0.05, 0) is 37.2 Å². The average molecular weight is 300 g/mol. The lowest BCUT2D eigenvalue weighted by atomic mass is 10.3. The van der Waals surface area contributed by atoms with Crippen LogP contribution < -0.4 is 10.5 Å². The summed E-state index contributed by atoms with van der Waals surface area (Å²) in [5, 5.41) is 0. The summed E-state index contributed by atoms with van der Waals surface area (Å²) in [7, 11) is -3.43. The van der Waals surface area contributed by atoms with Crippen molar-refractivity contribution in [3.8, 4) is 5.75 Å². The lowest BCUT2D eigenvalue weighted by molar-refractivity contribution is 0.0730. The molecule has 0 atom stereocenters. The SMILES string of the molecule is NCCCOc1ccc(S(=O)(=O)N2CCOCC2)cc1. The first kappa shape index (κ1) is 15.2. The van der Waals surface area contributed by atoms with E-state index in [0.29, 0.717) is 45.2 Å². The van der Waals surface area contributed by atoms with Gasteiger partial charge in [0.25, 0.3) is 0 Å². The summed E-state index contributed by atoms with van der Waals surface area (Å²) in [6, 6.07) is 6.48. The second-order valence-corrected chi connectivity index (χ2v) is 6.42. The summed E-state index contributed by atoms with van der Waals surface area (Å²) in [5.41, 5.74) is 5.38. The zero-order chi connectivity index (χ0) is 14.4. The second-order valence-electron chi connectivity index (χ2n) is 4.48. The van der Waals surface area contributed by atoms with Gasteiger partial charge in [0.15, 0.2) is 0 Å². The van der Waals surface area contributed by atoms with Crippen molar-refractivity contribution in [2.24, 2.45) is 5.73 Å². The molecule has 0 spiro atoms. The van der Waals surface area contributed by atoms with Gasteiger partial charge in [-0.3, -0.25) is 0 Å². The van der Waals surface area contributed by atoms with Crippen LogP contribution in [0.4, 0.5) is 0 Å². The molecule has 0 saturated carbocycles.